The predicted octanol–water partition coefficient (Wildman–Crippen LogP) is 4.57. The smallest absolute Gasteiger partial charge is 0.312 e. The highest BCUT2D eigenvalue weighted by molar-refractivity contribution is 6.31. The molecule has 7 nitrogen and oxygen atoms in total. The topological polar surface area (TPSA) is 117 Å². The zero-order valence-corrected chi connectivity index (χ0v) is 20.2. The molecule has 2 unspecified atom stereocenters. The van der Waals surface area contributed by atoms with E-state index in [9.17, 15) is 14.4 Å². The van der Waals surface area contributed by atoms with Crippen molar-refractivity contribution in [1.29, 1.82) is 0 Å². The Labute approximate surface area is 190 Å². The number of amides is 3. The minimum atomic E-state index is -0.605. The number of carbonyl (C=O) groups is 3. The highest BCUT2D eigenvalue weighted by Gasteiger charge is 2.21. The van der Waals surface area contributed by atoms with Gasteiger partial charge in [0.1, 0.15) is 0 Å². The van der Waals surface area contributed by atoms with Gasteiger partial charge < -0.3 is 21.4 Å². The second-order valence-corrected chi connectivity index (χ2v) is 7.15. The lowest BCUT2D eigenvalue weighted by molar-refractivity contribution is -0.129. The van der Waals surface area contributed by atoms with Crippen LogP contribution in [0.2, 0.25) is 5.02 Å². The number of fused-ring (bicyclic) bond motifs is 1. The van der Waals surface area contributed by atoms with Crippen molar-refractivity contribution in [3.8, 4) is 0 Å². The summed E-state index contributed by atoms with van der Waals surface area (Å²) in [6, 6.07) is 4.41. The third-order valence-corrected chi connectivity index (χ3v) is 4.71. The fourth-order valence-electron chi connectivity index (χ4n) is 2.96. The average molecular weight is 453 g/mol. The Bertz CT molecular complexity index is 835. The van der Waals surface area contributed by atoms with Crippen molar-refractivity contribution in [3.05, 3.63) is 35.0 Å². The molecule has 3 amide bonds. The Balaban J connectivity index is 0.00000212. The van der Waals surface area contributed by atoms with Crippen LogP contribution in [0.3, 0.4) is 0 Å². The van der Waals surface area contributed by atoms with Gasteiger partial charge in [-0.25, -0.2) is 4.79 Å². The first kappa shape index (κ1) is 28.5. The Hall–Kier alpha value is -2.54. The van der Waals surface area contributed by atoms with Crippen molar-refractivity contribution in [3.63, 3.8) is 0 Å². The molecular weight excluding hydrogens is 416 g/mol. The van der Waals surface area contributed by atoms with Gasteiger partial charge in [-0.2, -0.15) is 0 Å². The molecule has 1 heterocycles. The van der Waals surface area contributed by atoms with Crippen LogP contribution in [0.15, 0.2) is 24.4 Å². The molecule has 5 N–H and O–H groups in total. The lowest BCUT2D eigenvalue weighted by Gasteiger charge is -2.19. The largest absolute Gasteiger partial charge is 0.361 e. The van der Waals surface area contributed by atoms with E-state index in [0.717, 1.165) is 16.5 Å². The van der Waals surface area contributed by atoms with Gasteiger partial charge in [-0.3, -0.25) is 9.59 Å². The van der Waals surface area contributed by atoms with E-state index >= 15 is 0 Å². The van der Waals surface area contributed by atoms with Gasteiger partial charge in [0.05, 0.1) is 6.04 Å². The number of hydrogen-bond donors (Lipinski definition) is 4. The summed E-state index contributed by atoms with van der Waals surface area (Å²) in [6.45, 7) is 11.6. The summed E-state index contributed by atoms with van der Waals surface area (Å²) in [5.74, 6) is -0.594. The summed E-state index contributed by atoms with van der Waals surface area (Å²) in [7, 11) is 0. The second kappa shape index (κ2) is 15.3. The summed E-state index contributed by atoms with van der Waals surface area (Å²) in [5, 5.41) is 6.96. The van der Waals surface area contributed by atoms with Gasteiger partial charge in [-0.1, -0.05) is 52.3 Å². The first-order valence-corrected chi connectivity index (χ1v) is 11.3. The number of hydrogen-bond acceptors (Lipinski definition) is 3. The van der Waals surface area contributed by atoms with Crippen LogP contribution in [0, 0.1) is 5.92 Å². The molecule has 0 saturated heterocycles. The van der Waals surface area contributed by atoms with E-state index in [-0.39, 0.29) is 17.6 Å². The number of nitrogens with one attached hydrogen (secondary N) is 3. The van der Waals surface area contributed by atoms with Crippen molar-refractivity contribution in [2.45, 2.75) is 66.8 Å². The Morgan fingerprint density at radius 3 is 2.39 bits per heavy atom. The standard InChI is InChI=1S/C19H25ClN4O3.2C2H6/c1-11(8-13-10-23-17-9-14(20)5-6-15(13)17)18(26)24-16(12(2)25)4-3-7-22-19(21)27;2*1-2/h5-6,9-11,16,23H,3-4,7-8H2,1-2H3,(H,24,26)(H3,21,22,27);2*1-2H3. The number of Topliss-reactive ketones (excluding diaryl/α,β-unsaturated/α-hetero) is 1. The van der Waals surface area contributed by atoms with Gasteiger partial charge in [-0.15, -0.1) is 0 Å². The van der Waals surface area contributed by atoms with E-state index < -0.39 is 12.1 Å². The van der Waals surface area contributed by atoms with Gasteiger partial charge in [0.15, 0.2) is 5.78 Å². The Morgan fingerprint density at radius 2 is 1.81 bits per heavy atom. The molecule has 2 aromatic rings. The van der Waals surface area contributed by atoms with E-state index in [4.69, 9.17) is 17.3 Å². The van der Waals surface area contributed by atoms with Crippen LogP contribution in [0.25, 0.3) is 10.9 Å². The van der Waals surface area contributed by atoms with Crippen molar-refractivity contribution >= 4 is 40.2 Å². The number of aromatic nitrogens is 1. The Kier molecular flexibility index (Phi) is 14.0. The Morgan fingerprint density at radius 1 is 1.16 bits per heavy atom. The minimum Gasteiger partial charge on any atom is -0.361 e. The predicted molar refractivity (Wildman–Crippen MR) is 128 cm³/mol. The van der Waals surface area contributed by atoms with E-state index in [1.54, 1.807) is 0 Å². The first-order valence-electron chi connectivity index (χ1n) is 10.9. The highest BCUT2D eigenvalue weighted by Crippen LogP contribution is 2.24. The van der Waals surface area contributed by atoms with Crippen LogP contribution in [-0.2, 0) is 16.0 Å². The molecule has 0 radical (unpaired) electrons. The number of carbonyl (C=O) groups excluding carboxylic acids is 3. The summed E-state index contributed by atoms with van der Waals surface area (Å²) < 4.78 is 0. The molecule has 0 bridgehead atoms. The average Bonchev–Trinajstić information content (AvgIpc) is 3.14. The van der Waals surface area contributed by atoms with E-state index in [1.165, 1.54) is 6.92 Å². The zero-order valence-electron chi connectivity index (χ0n) is 19.5. The fourth-order valence-corrected chi connectivity index (χ4v) is 3.13. The van der Waals surface area contributed by atoms with Crippen LogP contribution in [0.1, 0.15) is 59.9 Å². The molecule has 0 spiro atoms. The maximum atomic E-state index is 12.5. The van der Waals surface area contributed by atoms with Crippen LogP contribution >= 0.6 is 11.6 Å². The van der Waals surface area contributed by atoms with Gasteiger partial charge >= 0.3 is 6.03 Å². The van der Waals surface area contributed by atoms with Crippen LogP contribution in [0.5, 0.6) is 0 Å². The van der Waals surface area contributed by atoms with Crippen LogP contribution in [-0.4, -0.2) is 35.3 Å². The number of aromatic amines is 1. The normalized spacial score (nSPS) is 11.8. The highest BCUT2D eigenvalue weighted by atomic mass is 35.5. The SMILES string of the molecule is CC.CC.CC(=O)C(CCCNC(N)=O)NC(=O)C(C)Cc1c[nH]c2cc(Cl)ccc12. The number of rotatable bonds is 9. The molecule has 1 aromatic carbocycles. The molecule has 0 fully saturated rings. The zero-order chi connectivity index (χ0) is 24.0. The maximum Gasteiger partial charge on any atom is 0.312 e. The van der Waals surface area contributed by atoms with Gasteiger partial charge in [0.25, 0.3) is 0 Å². The molecule has 0 saturated carbocycles. The second-order valence-electron chi connectivity index (χ2n) is 6.71. The van der Waals surface area contributed by atoms with Gasteiger partial charge in [-0.05, 0) is 43.9 Å². The summed E-state index contributed by atoms with van der Waals surface area (Å²) in [4.78, 5) is 38.2. The lowest BCUT2D eigenvalue weighted by Crippen LogP contribution is -2.43. The molecule has 2 rings (SSSR count). The number of halogens is 1. The monoisotopic (exact) mass is 452 g/mol. The molecule has 2 atom stereocenters. The first-order chi connectivity index (χ1) is 14.8. The van der Waals surface area contributed by atoms with E-state index in [1.807, 2.05) is 59.0 Å². The van der Waals surface area contributed by atoms with Crippen molar-refractivity contribution in [2.75, 3.05) is 6.54 Å². The van der Waals surface area contributed by atoms with E-state index in [2.05, 4.69) is 15.6 Å². The maximum absolute atomic E-state index is 12.5. The van der Waals surface area contributed by atoms with Crippen LogP contribution < -0.4 is 16.4 Å². The van der Waals surface area contributed by atoms with E-state index in [0.29, 0.717) is 30.8 Å². The fraction of sp³-hybridized carbons (Fsp3) is 0.522. The molecule has 0 aliphatic carbocycles. The van der Waals surface area contributed by atoms with Crippen molar-refractivity contribution in [2.24, 2.45) is 11.7 Å². The summed E-state index contributed by atoms with van der Waals surface area (Å²) in [6.07, 6.45) is 3.41. The quantitative estimate of drug-likeness (QED) is 0.417. The molecule has 31 heavy (non-hydrogen) atoms. The van der Waals surface area contributed by atoms with Crippen molar-refractivity contribution < 1.29 is 14.4 Å². The number of benzene rings is 1. The molecular formula is C23H37ClN4O3. The summed E-state index contributed by atoms with van der Waals surface area (Å²) >= 11 is 5.99. The number of nitrogens with two attached hydrogens (primary N) is 1. The molecule has 1 aromatic heterocycles. The van der Waals surface area contributed by atoms with Crippen LogP contribution in [0.4, 0.5) is 4.79 Å². The minimum absolute atomic E-state index is 0.114. The summed E-state index contributed by atoms with van der Waals surface area (Å²) in [5.41, 5.74) is 6.95. The van der Waals surface area contributed by atoms with Crippen molar-refractivity contribution in [1.82, 2.24) is 15.6 Å². The molecule has 0 aliphatic rings. The molecule has 0 aliphatic heterocycles. The molecule has 174 valence electrons. The number of urea groups is 1. The van der Waals surface area contributed by atoms with Gasteiger partial charge in [0.2, 0.25) is 5.91 Å². The number of ketones is 1. The lowest BCUT2D eigenvalue weighted by atomic mass is 9.98. The third-order valence-electron chi connectivity index (χ3n) is 4.48. The number of primary amides is 1. The number of H-pyrrole nitrogens is 1. The molecule has 8 heteroatoms. The third kappa shape index (κ3) is 9.87. The van der Waals surface area contributed by atoms with Gasteiger partial charge in [0, 0.05) is 34.6 Å².